The Morgan fingerprint density at radius 2 is 1.67 bits per heavy atom. The lowest BCUT2D eigenvalue weighted by Gasteiger charge is -2.21. The third-order valence-electron chi connectivity index (χ3n) is 8.76. The summed E-state index contributed by atoms with van der Waals surface area (Å²) in [6, 6.07) is 24.4. The molecule has 3 aromatic carbocycles. The number of amides is 2. The molecule has 2 amide bonds. The number of esters is 2. The van der Waals surface area contributed by atoms with Gasteiger partial charge in [-0.15, -0.1) is 0 Å². The Kier molecular flexibility index (Phi) is 14.0. The Morgan fingerprint density at radius 1 is 0.909 bits per heavy atom. The number of amidine groups is 1. The molecule has 0 spiro atoms. The number of benzene rings is 3. The van der Waals surface area contributed by atoms with Gasteiger partial charge in [-0.05, 0) is 67.1 Å². The van der Waals surface area contributed by atoms with E-state index in [1.807, 2.05) is 29.8 Å². The van der Waals surface area contributed by atoms with E-state index in [9.17, 15) is 19.2 Å². The number of anilines is 2. The van der Waals surface area contributed by atoms with E-state index in [1.165, 1.54) is 12.0 Å². The number of pyridine rings is 1. The van der Waals surface area contributed by atoms with Crippen molar-refractivity contribution in [2.45, 2.75) is 52.0 Å². The zero-order valence-electron chi connectivity index (χ0n) is 31.2. The predicted octanol–water partition coefficient (Wildman–Crippen LogP) is 6.36. The number of hydrogen-bond acceptors (Lipinski definition) is 10. The van der Waals surface area contributed by atoms with Gasteiger partial charge < -0.3 is 29.8 Å². The monoisotopic (exact) mass is 747 g/mol. The molecule has 0 fully saturated rings. The highest BCUT2D eigenvalue weighted by Gasteiger charge is 2.22. The first kappa shape index (κ1) is 39.6. The van der Waals surface area contributed by atoms with Crippen LogP contribution in [-0.2, 0) is 39.1 Å². The van der Waals surface area contributed by atoms with Gasteiger partial charge in [-0.1, -0.05) is 50.5 Å². The number of para-hydroxylation sites is 1. The Labute approximate surface area is 319 Å². The van der Waals surface area contributed by atoms with Gasteiger partial charge in [0, 0.05) is 42.2 Å². The molecular formula is C41H45N7O7. The van der Waals surface area contributed by atoms with E-state index < -0.39 is 18.0 Å². The van der Waals surface area contributed by atoms with Gasteiger partial charge in [0.15, 0.2) is 0 Å². The van der Waals surface area contributed by atoms with Crippen molar-refractivity contribution in [1.29, 1.82) is 0 Å². The zero-order valence-corrected chi connectivity index (χ0v) is 31.2. The van der Waals surface area contributed by atoms with E-state index in [1.54, 1.807) is 72.9 Å². The molecule has 286 valence electrons. The molecule has 0 aliphatic heterocycles. The summed E-state index contributed by atoms with van der Waals surface area (Å²) in [6.45, 7) is 2.81. The van der Waals surface area contributed by atoms with Crippen molar-refractivity contribution in [3.05, 3.63) is 114 Å². The summed E-state index contributed by atoms with van der Waals surface area (Å²) in [5.74, 6) is 0.00775. The van der Waals surface area contributed by atoms with Crippen LogP contribution < -0.4 is 20.7 Å². The summed E-state index contributed by atoms with van der Waals surface area (Å²) in [7, 11) is 3.19. The Balaban J connectivity index is 1.23. The molecule has 0 atom stereocenters. The molecule has 5 aromatic rings. The Bertz CT molecular complexity index is 2130. The van der Waals surface area contributed by atoms with Crippen LogP contribution in [0.2, 0.25) is 0 Å². The molecular weight excluding hydrogens is 702 g/mol. The fourth-order valence-electron chi connectivity index (χ4n) is 5.71. The lowest BCUT2D eigenvalue weighted by molar-refractivity contribution is -0.140. The average Bonchev–Trinajstić information content (AvgIpc) is 3.52. The molecule has 2 aromatic heterocycles. The van der Waals surface area contributed by atoms with Gasteiger partial charge in [0.05, 0.1) is 44.1 Å². The van der Waals surface area contributed by atoms with E-state index in [0.29, 0.717) is 41.2 Å². The smallest absolute Gasteiger partial charge is 0.435 e. The molecule has 0 saturated heterocycles. The van der Waals surface area contributed by atoms with Crippen LogP contribution in [0.1, 0.15) is 66.3 Å². The van der Waals surface area contributed by atoms with Crippen LogP contribution in [0.5, 0.6) is 5.75 Å². The predicted molar refractivity (Wildman–Crippen MR) is 209 cm³/mol. The van der Waals surface area contributed by atoms with Crippen LogP contribution in [0.4, 0.5) is 16.3 Å². The molecule has 0 saturated carbocycles. The molecule has 0 radical (unpaired) electrons. The fraction of sp³-hybridized carbons (Fsp3) is 0.293. The fourth-order valence-corrected chi connectivity index (χ4v) is 5.71. The van der Waals surface area contributed by atoms with Crippen molar-refractivity contribution < 1.29 is 33.4 Å². The maximum Gasteiger partial charge on any atom is 0.435 e. The largest absolute Gasteiger partial charge is 0.469 e. The first-order valence-electron chi connectivity index (χ1n) is 18.1. The van der Waals surface area contributed by atoms with E-state index in [-0.39, 0.29) is 36.9 Å². The molecule has 0 unspecified atom stereocenters. The number of aliphatic imine (C=N–C) groups is 1. The number of aryl methyl sites for hydroxylation is 1. The van der Waals surface area contributed by atoms with E-state index in [2.05, 4.69) is 22.2 Å². The molecule has 0 aliphatic carbocycles. The number of nitrogens with one attached hydrogen (secondary N) is 1. The first-order valence-corrected chi connectivity index (χ1v) is 18.1. The molecule has 5 rings (SSSR count). The van der Waals surface area contributed by atoms with Crippen LogP contribution in [0.3, 0.4) is 0 Å². The van der Waals surface area contributed by atoms with Crippen LogP contribution in [-0.4, -0.2) is 64.6 Å². The van der Waals surface area contributed by atoms with Crippen molar-refractivity contribution >= 4 is 52.3 Å². The number of carbonyl (C=O) groups excluding carboxylic acids is 4. The molecule has 3 N–H and O–H groups in total. The van der Waals surface area contributed by atoms with E-state index >= 15 is 0 Å². The van der Waals surface area contributed by atoms with Gasteiger partial charge in [-0.2, -0.15) is 4.99 Å². The van der Waals surface area contributed by atoms with Gasteiger partial charge in [-0.3, -0.25) is 19.3 Å². The van der Waals surface area contributed by atoms with Crippen LogP contribution in [0.25, 0.3) is 11.0 Å². The van der Waals surface area contributed by atoms with Gasteiger partial charge >= 0.3 is 18.0 Å². The molecule has 0 bridgehead atoms. The molecule has 14 nitrogen and oxygen atoms in total. The van der Waals surface area contributed by atoms with Crippen molar-refractivity contribution in [1.82, 2.24) is 14.5 Å². The quantitative estimate of drug-likeness (QED) is 0.0355. The van der Waals surface area contributed by atoms with Crippen molar-refractivity contribution in [3.63, 3.8) is 0 Å². The van der Waals surface area contributed by atoms with Crippen molar-refractivity contribution in [2.24, 2.45) is 17.8 Å². The summed E-state index contributed by atoms with van der Waals surface area (Å²) >= 11 is 0. The maximum absolute atomic E-state index is 14.0. The number of rotatable bonds is 17. The number of unbranched alkanes of at least 4 members (excludes halogenated alkanes) is 3. The SMILES string of the molecule is CCCCCCOC(=O)/N=C(\N)c1ccc(NCc2nc3cc(C(=O)N(CCC(=O)Oc4ccccc4CC(=O)OC)c4ccccn4)ccc3n2C)cc1. The number of aromatic nitrogens is 3. The second kappa shape index (κ2) is 19.5. The highest BCUT2D eigenvalue weighted by atomic mass is 16.5. The van der Waals surface area contributed by atoms with E-state index in [4.69, 9.17) is 24.9 Å². The maximum atomic E-state index is 14.0. The van der Waals surface area contributed by atoms with Gasteiger partial charge in [0.25, 0.3) is 5.91 Å². The third-order valence-corrected chi connectivity index (χ3v) is 8.76. The highest BCUT2D eigenvalue weighted by molar-refractivity contribution is 6.07. The van der Waals surface area contributed by atoms with Crippen LogP contribution >= 0.6 is 0 Å². The molecule has 14 heteroatoms. The number of nitrogens with zero attached hydrogens (tertiary/aromatic N) is 5. The first-order chi connectivity index (χ1) is 26.7. The third kappa shape index (κ3) is 11.0. The second-order valence-corrected chi connectivity index (χ2v) is 12.6. The molecule has 0 aliphatic rings. The van der Waals surface area contributed by atoms with Gasteiger partial charge in [-0.25, -0.2) is 14.8 Å². The number of imidazole rings is 1. The minimum atomic E-state index is -0.705. The van der Waals surface area contributed by atoms with E-state index in [0.717, 1.165) is 42.7 Å². The lowest BCUT2D eigenvalue weighted by Crippen LogP contribution is -2.34. The topological polar surface area (TPSA) is 180 Å². The summed E-state index contributed by atoms with van der Waals surface area (Å²) in [4.78, 5) is 65.3. The molecule has 2 heterocycles. The minimum Gasteiger partial charge on any atom is -0.469 e. The van der Waals surface area contributed by atoms with Gasteiger partial charge in [0.1, 0.15) is 23.2 Å². The molecule has 55 heavy (non-hydrogen) atoms. The lowest BCUT2D eigenvalue weighted by atomic mass is 10.1. The average molecular weight is 748 g/mol. The summed E-state index contributed by atoms with van der Waals surface area (Å²) in [5, 5.41) is 3.35. The summed E-state index contributed by atoms with van der Waals surface area (Å²) < 4.78 is 17.4. The number of nitrogens with two attached hydrogens (primary N) is 1. The van der Waals surface area contributed by atoms with Crippen LogP contribution in [0.15, 0.2) is 96.1 Å². The van der Waals surface area contributed by atoms with Crippen LogP contribution in [0, 0.1) is 0 Å². The number of carbonyl (C=O) groups is 4. The summed E-state index contributed by atoms with van der Waals surface area (Å²) in [5.41, 5.74) is 9.74. The zero-order chi connectivity index (χ0) is 39.2. The standard InChI is InChI=1S/C41H45N7O7/c1-4-5-6-11-24-54-41(52)46-39(42)28-15-18-31(19-16-28)44-27-36-45-32-25-30(17-20-33(32)47(36)2)40(51)48(35-14-9-10-22-43-35)23-21-37(49)55-34-13-8-7-12-29(34)26-38(50)53-3/h7-10,12-20,22,25,44H,4-6,11,21,23-24,26-27H2,1-3H3,(H2,42,46,52). The Hall–Kier alpha value is -6.57. The number of fused-ring (bicyclic) bond motifs is 1. The number of ether oxygens (including phenoxy) is 3. The highest BCUT2D eigenvalue weighted by Crippen LogP contribution is 2.23. The minimum absolute atomic E-state index is 0.0111. The Morgan fingerprint density at radius 3 is 2.42 bits per heavy atom. The summed E-state index contributed by atoms with van der Waals surface area (Å²) in [6.07, 6.45) is 4.67. The number of hydrogen-bond donors (Lipinski definition) is 2. The normalized spacial score (nSPS) is 11.2. The number of methoxy groups -OCH3 is 1. The van der Waals surface area contributed by atoms with Crippen molar-refractivity contribution in [3.8, 4) is 5.75 Å². The second-order valence-electron chi connectivity index (χ2n) is 12.6. The van der Waals surface area contributed by atoms with Crippen molar-refractivity contribution in [2.75, 3.05) is 30.5 Å². The van der Waals surface area contributed by atoms with Gasteiger partial charge in [0.2, 0.25) is 0 Å².